The Balaban J connectivity index is 2.38. The summed E-state index contributed by atoms with van der Waals surface area (Å²) >= 11 is 3.36. The molecule has 2 aromatic rings. The van der Waals surface area contributed by atoms with Crippen molar-refractivity contribution in [1.29, 1.82) is 0 Å². The molecule has 0 heterocycles. The maximum absolute atomic E-state index is 12.6. The van der Waals surface area contributed by atoms with E-state index in [1.807, 2.05) is 0 Å². The molecule has 1 aliphatic rings. The summed E-state index contributed by atoms with van der Waals surface area (Å²) in [5.74, 6) is -0.231. The van der Waals surface area contributed by atoms with Gasteiger partial charge in [-0.3, -0.25) is 9.59 Å². The summed E-state index contributed by atoms with van der Waals surface area (Å²) in [6.07, 6.45) is 0. The van der Waals surface area contributed by atoms with E-state index in [1.165, 1.54) is 0 Å². The number of carbonyl (C=O) groups excluding carboxylic acids is 2. The van der Waals surface area contributed by atoms with Crippen LogP contribution in [0, 0.1) is 0 Å². The summed E-state index contributed by atoms with van der Waals surface area (Å²) in [5.41, 5.74) is 2.49. The van der Waals surface area contributed by atoms with Gasteiger partial charge in [0.05, 0.1) is 5.56 Å². The highest BCUT2D eigenvalue weighted by atomic mass is 79.9. The lowest BCUT2D eigenvalue weighted by atomic mass is 9.83. The van der Waals surface area contributed by atoms with Crippen LogP contribution in [0.3, 0.4) is 0 Å². The Morgan fingerprint density at radius 3 is 2.05 bits per heavy atom. The van der Waals surface area contributed by atoms with E-state index in [0.29, 0.717) is 32.4 Å². The van der Waals surface area contributed by atoms with Crippen molar-refractivity contribution in [3.63, 3.8) is 0 Å². The summed E-state index contributed by atoms with van der Waals surface area (Å²) in [5, 5.41) is 2.97. The van der Waals surface area contributed by atoms with E-state index >= 15 is 0 Å². The topological polar surface area (TPSA) is 46.2 Å². The van der Waals surface area contributed by atoms with Crippen molar-refractivity contribution in [3.05, 3.63) is 63.1 Å². The quantitative estimate of drug-likeness (QED) is 0.749. The average Bonchev–Trinajstić information content (AvgIpc) is 2.44. The molecule has 1 N–H and O–H groups in total. The fraction of sp³-hybridized carbons (Fsp3) is 0.0667. The normalized spacial score (nSPS) is 12.9. The molecule has 4 heteroatoms. The molecule has 3 rings (SSSR count). The van der Waals surface area contributed by atoms with Gasteiger partial charge in [0.2, 0.25) is 0 Å². The molecule has 2 aromatic carbocycles. The maximum atomic E-state index is 12.6. The summed E-state index contributed by atoms with van der Waals surface area (Å²) < 4.78 is 0.648. The zero-order valence-corrected chi connectivity index (χ0v) is 11.7. The fourth-order valence-corrected chi connectivity index (χ4v) is 2.90. The second-order valence-electron chi connectivity index (χ2n) is 4.30. The molecule has 3 nitrogen and oxygen atoms in total. The van der Waals surface area contributed by atoms with Crippen molar-refractivity contribution in [1.82, 2.24) is 0 Å². The minimum atomic E-state index is -0.117. The van der Waals surface area contributed by atoms with Crippen LogP contribution in [0.1, 0.15) is 31.8 Å². The van der Waals surface area contributed by atoms with E-state index in [-0.39, 0.29) is 11.6 Å². The minimum absolute atomic E-state index is 0.115. The number of ketones is 2. The Labute approximate surface area is 118 Å². The molecular formula is C15H10BrNO2. The summed E-state index contributed by atoms with van der Waals surface area (Å²) in [7, 11) is 1.74. The summed E-state index contributed by atoms with van der Waals surface area (Å²) in [6.45, 7) is 0. The molecular weight excluding hydrogens is 306 g/mol. The van der Waals surface area contributed by atoms with Gasteiger partial charge in [0.1, 0.15) is 0 Å². The first kappa shape index (κ1) is 12.1. The Bertz CT molecular complexity index is 722. The monoisotopic (exact) mass is 315 g/mol. The van der Waals surface area contributed by atoms with Crippen molar-refractivity contribution in [2.75, 3.05) is 12.4 Å². The van der Waals surface area contributed by atoms with Crippen molar-refractivity contribution in [3.8, 4) is 0 Å². The highest BCUT2D eigenvalue weighted by Crippen LogP contribution is 2.35. The number of rotatable bonds is 1. The number of carbonyl (C=O) groups is 2. The first-order valence-corrected chi connectivity index (χ1v) is 6.63. The third kappa shape index (κ3) is 1.64. The van der Waals surface area contributed by atoms with E-state index in [4.69, 9.17) is 0 Å². The van der Waals surface area contributed by atoms with Crippen LogP contribution in [-0.2, 0) is 0 Å². The van der Waals surface area contributed by atoms with Crippen molar-refractivity contribution < 1.29 is 9.59 Å². The lowest BCUT2D eigenvalue weighted by molar-refractivity contribution is 0.0979. The zero-order chi connectivity index (χ0) is 13.6. The predicted octanol–water partition coefficient (Wildman–Crippen LogP) is 3.27. The summed E-state index contributed by atoms with van der Waals surface area (Å²) in [4.78, 5) is 25.1. The molecule has 0 amide bonds. The van der Waals surface area contributed by atoms with Gasteiger partial charge in [0, 0.05) is 33.9 Å². The van der Waals surface area contributed by atoms with Crippen LogP contribution in [0.5, 0.6) is 0 Å². The van der Waals surface area contributed by atoms with Crippen LogP contribution in [-0.4, -0.2) is 18.6 Å². The highest BCUT2D eigenvalue weighted by Gasteiger charge is 2.32. The first-order valence-electron chi connectivity index (χ1n) is 5.84. The van der Waals surface area contributed by atoms with Gasteiger partial charge in [0.15, 0.2) is 11.6 Å². The molecule has 0 aliphatic heterocycles. The van der Waals surface area contributed by atoms with Gasteiger partial charge in [0.25, 0.3) is 0 Å². The van der Waals surface area contributed by atoms with E-state index in [2.05, 4.69) is 21.2 Å². The van der Waals surface area contributed by atoms with E-state index in [1.54, 1.807) is 43.4 Å². The van der Waals surface area contributed by atoms with Crippen molar-refractivity contribution in [2.24, 2.45) is 0 Å². The second kappa shape index (κ2) is 4.31. The molecule has 0 atom stereocenters. The number of halogens is 1. The van der Waals surface area contributed by atoms with Gasteiger partial charge in [-0.15, -0.1) is 0 Å². The second-order valence-corrected chi connectivity index (χ2v) is 5.15. The van der Waals surface area contributed by atoms with E-state index in [0.717, 1.165) is 0 Å². The molecule has 0 fully saturated rings. The fourth-order valence-electron chi connectivity index (χ4n) is 2.39. The number of benzene rings is 2. The SMILES string of the molecule is CNc1ccc(Br)c2c1C(=O)c1ccccc1C2=O. The molecule has 0 bridgehead atoms. The number of hydrogen-bond donors (Lipinski definition) is 1. The van der Waals surface area contributed by atoms with Gasteiger partial charge in [-0.25, -0.2) is 0 Å². The van der Waals surface area contributed by atoms with Gasteiger partial charge in [-0.2, -0.15) is 0 Å². The number of anilines is 1. The lowest BCUT2D eigenvalue weighted by Crippen LogP contribution is -2.22. The smallest absolute Gasteiger partial charge is 0.196 e. The molecule has 0 unspecified atom stereocenters. The third-order valence-electron chi connectivity index (χ3n) is 3.29. The third-order valence-corrected chi connectivity index (χ3v) is 3.96. The number of nitrogens with one attached hydrogen (secondary N) is 1. The predicted molar refractivity (Wildman–Crippen MR) is 77.0 cm³/mol. The number of fused-ring (bicyclic) bond motifs is 2. The van der Waals surface area contributed by atoms with Crippen LogP contribution >= 0.6 is 15.9 Å². The van der Waals surface area contributed by atoms with Crippen LogP contribution < -0.4 is 5.32 Å². The molecule has 0 aromatic heterocycles. The molecule has 19 heavy (non-hydrogen) atoms. The molecule has 94 valence electrons. The minimum Gasteiger partial charge on any atom is -0.388 e. The van der Waals surface area contributed by atoms with Gasteiger partial charge in [-0.1, -0.05) is 40.2 Å². The molecule has 0 radical (unpaired) electrons. The zero-order valence-electron chi connectivity index (χ0n) is 10.2. The van der Waals surface area contributed by atoms with Gasteiger partial charge < -0.3 is 5.32 Å². The first-order chi connectivity index (χ1) is 9.15. The van der Waals surface area contributed by atoms with Crippen LogP contribution in [0.2, 0.25) is 0 Å². The largest absolute Gasteiger partial charge is 0.388 e. The standard InChI is InChI=1S/C15H10BrNO2/c1-17-11-7-6-10(16)12-13(11)15(19)9-5-3-2-4-8(9)14(12)18/h2-7,17H,1H3. The lowest BCUT2D eigenvalue weighted by Gasteiger charge is -2.21. The Kier molecular flexibility index (Phi) is 2.75. The number of hydrogen-bond acceptors (Lipinski definition) is 3. The van der Waals surface area contributed by atoms with Crippen molar-refractivity contribution in [2.45, 2.75) is 0 Å². The Morgan fingerprint density at radius 2 is 1.47 bits per heavy atom. The van der Waals surface area contributed by atoms with E-state index < -0.39 is 0 Å². The van der Waals surface area contributed by atoms with Crippen LogP contribution in [0.25, 0.3) is 0 Å². The Hall–Kier alpha value is -1.94. The molecule has 0 saturated heterocycles. The average molecular weight is 316 g/mol. The van der Waals surface area contributed by atoms with E-state index in [9.17, 15) is 9.59 Å². The molecule has 0 saturated carbocycles. The molecule has 0 spiro atoms. The van der Waals surface area contributed by atoms with Gasteiger partial charge in [-0.05, 0) is 12.1 Å². The van der Waals surface area contributed by atoms with Crippen molar-refractivity contribution >= 4 is 33.2 Å². The summed E-state index contributed by atoms with van der Waals surface area (Å²) in [6, 6.07) is 10.5. The Morgan fingerprint density at radius 1 is 0.895 bits per heavy atom. The van der Waals surface area contributed by atoms with Gasteiger partial charge >= 0.3 is 0 Å². The van der Waals surface area contributed by atoms with Crippen LogP contribution in [0.4, 0.5) is 5.69 Å². The maximum Gasteiger partial charge on any atom is 0.196 e. The van der Waals surface area contributed by atoms with Crippen LogP contribution in [0.15, 0.2) is 40.9 Å². The molecule has 1 aliphatic carbocycles. The highest BCUT2D eigenvalue weighted by molar-refractivity contribution is 9.10.